The highest BCUT2D eigenvalue weighted by atomic mass is 16.5. The summed E-state index contributed by atoms with van der Waals surface area (Å²) >= 11 is 0. The van der Waals surface area contributed by atoms with Gasteiger partial charge in [-0.3, -0.25) is 0 Å². The molecule has 3 rings (SSSR count). The second-order valence-electron chi connectivity index (χ2n) is 6.80. The van der Waals surface area contributed by atoms with E-state index in [9.17, 15) is 9.90 Å². The van der Waals surface area contributed by atoms with E-state index in [0.29, 0.717) is 17.9 Å². The Labute approximate surface area is 169 Å². The van der Waals surface area contributed by atoms with Crippen LogP contribution in [0, 0.1) is 0 Å². The number of carbonyl (C=O) groups excluding carboxylic acids is 1. The molecule has 1 amide bonds. The number of anilines is 4. The molecule has 0 fully saturated rings. The number of ether oxygens (including phenoxy) is 1. The number of carbonyl (C=O) groups is 1. The lowest BCUT2D eigenvalue weighted by Gasteiger charge is -2.30. The Morgan fingerprint density at radius 3 is 2.62 bits per heavy atom. The van der Waals surface area contributed by atoms with Crippen LogP contribution in [0.5, 0.6) is 5.75 Å². The van der Waals surface area contributed by atoms with Gasteiger partial charge in [-0.25, -0.2) is 9.98 Å². The largest absolute Gasteiger partial charge is 0.530 e. The zero-order chi connectivity index (χ0) is 21.1. The summed E-state index contributed by atoms with van der Waals surface area (Å²) in [7, 11) is 3.62. The predicted molar refractivity (Wildman–Crippen MR) is 114 cm³/mol. The number of pyridine rings is 1. The predicted octanol–water partition coefficient (Wildman–Crippen LogP) is 1.86. The first-order chi connectivity index (χ1) is 13.8. The second-order valence-corrected chi connectivity index (χ2v) is 6.80. The van der Waals surface area contributed by atoms with E-state index in [4.69, 9.17) is 15.5 Å². The van der Waals surface area contributed by atoms with Crippen molar-refractivity contribution in [3.8, 4) is 5.75 Å². The van der Waals surface area contributed by atoms with Crippen LogP contribution in [-0.4, -0.2) is 50.1 Å². The number of hydrogen-bond acceptors (Lipinski definition) is 8. The Kier molecular flexibility index (Phi) is 5.76. The first-order valence-electron chi connectivity index (χ1n) is 9.32. The van der Waals surface area contributed by atoms with Gasteiger partial charge in [-0.2, -0.15) is 0 Å². The first-order valence-corrected chi connectivity index (χ1v) is 9.32. The molecule has 0 saturated heterocycles. The van der Waals surface area contributed by atoms with Crippen LogP contribution in [0.25, 0.3) is 0 Å². The Balaban J connectivity index is 1.87. The molecule has 0 radical (unpaired) electrons. The van der Waals surface area contributed by atoms with Gasteiger partial charge in [-0.1, -0.05) is 0 Å². The van der Waals surface area contributed by atoms with Gasteiger partial charge < -0.3 is 35.5 Å². The number of rotatable bonds is 6. The summed E-state index contributed by atoms with van der Waals surface area (Å²) in [5.41, 5.74) is 9.17. The van der Waals surface area contributed by atoms with Crippen molar-refractivity contribution in [3.05, 3.63) is 30.3 Å². The SMILES string of the molecule is CCN(C(=O)[O-])c1cc2c(c(N)n1)N=C(CN(C)c1ccc(OC)cc1)C(C)N2. The summed E-state index contributed by atoms with van der Waals surface area (Å²) in [6.07, 6.45) is -1.33. The third-order valence-electron chi connectivity index (χ3n) is 4.86. The van der Waals surface area contributed by atoms with Gasteiger partial charge in [0.05, 0.1) is 31.1 Å². The lowest BCUT2D eigenvalue weighted by Crippen LogP contribution is -2.42. The molecule has 0 spiro atoms. The summed E-state index contributed by atoms with van der Waals surface area (Å²) in [5.74, 6) is 1.19. The van der Waals surface area contributed by atoms with Gasteiger partial charge in [0.15, 0.2) is 5.82 Å². The van der Waals surface area contributed by atoms with E-state index < -0.39 is 6.09 Å². The average Bonchev–Trinajstić information content (AvgIpc) is 2.69. The van der Waals surface area contributed by atoms with Gasteiger partial charge in [0.25, 0.3) is 0 Å². The fraction of sp³-hybridized carbons (Fsp3) is 0.350. The number of aromatic nitrogens is 1. The number of methoxy groups -OCH3 is 1. The molecule has 0 saturated carbocycles. The third-order valence-corrected chi connectivity index (χ3v) is 4.86. The van der Waals surface area contributed by atoms with Crippen molar-refractivity contribution < 1.29 is 14.6 Å². The minimum Gasteiger partial charge on any atom is -0.530 e. The number of nitrogens with zero attached hydrogens (tertiary/aromatic N) is 4. The van der Waals surface area contributed by atoms with Crippen molar-refractivity contribution in [2.45, 2.75) is 19.9 Å². The average molecular weight is 397 g/mol. The first kappa shape index (κ1) is 20.2. The molecule has 0 bridgehead atoms. The third kappa shape index (κ3) is 4.18. The van der Waals surface area contributed by atoms with E-state index >= 15 is 0 Å². The van der Waals surface area contributed by atoms with E-state index in [1.807, 2.05) is 38.2 Å². The maximum absolute atomic E-state index is 11.3. The summed E-state index contributed by atoms with van der Waals surface area (Å²) in [5, 5.41) is 14.6. The lowest BCUT2D eigenvalue weighted by molar-refractivity contribution is -0.246. The minimum absolute atomic E-state index is 0.0594. The maximum atomic E-state index is 11.3. The zero-order valence-corrected chi connectivity index (χ0v) is 17.0. The Morgan fingerprint density at radius 2 is 2.03 bits per heavy atom. The topological polar surface area (TPSA) is 119 Å². The molecule has 2 heterocycles. The van der Waals surface area contributed by atoms with Crippen LogP contribution in [-0.2, 0) is 0 Å². The summed E-state index contributed by atoms with van der Waals surface area (Å²) < 4.78 is 5.20. The van der Waals surface area contributed by atoms with Gasteiger partial charge in [-0.05, 0) is 38.1 Å². The van der Waals surface area contributed by atoms with Crippen molar-refractivity contribution in [1.29, 1.82) is 0 Å². The van der Waals surface area contributed by atoms with Gasteiger partial charge >= 0.3 is 0 Å². The number of hydrogen-bond donors (Lipinski definition) is 2. The van der Waals surface area contributed by atoms with E-state index in [1.54, 1.807) is 20.1 Å². The van der Waals surface area contributed by atoms with Crippen molar-refractivity contribution >= 4 is 40.5 Å². The zero-order valence-electron chi connectivity index (χ0n) is 17.0. The van der Waals surface area contributed by atoms with Crippen LogP contribution in [0.2, 0.25) is 0 Å². The molecule has 1 aromatic carbocycles. The number of nitrogen functional groups attached to an aromatic ring is 1. The molecule has 9 heteroatoms. The quantitative estimate of drug-likeness (QED) is 0.763. The molecule has 9 nitrogen and oxygen atoms in total. The fourth-order valence-electron chi connectivity index (χ4n) is 3.19. The normalized spacial score (nSPS) is 15.0. The molecule has 3 N–H and O–H groups in total. The fourth-order valence-corrected chi connectivity index (χ4v) is 3.19. The van der Waals surface area contributed by atoms with Crippen molar-refractivity contribution in [2.75, 3.05) is 48.1 Å². The van der Waals surface area contributed by atoms with Crippen LogP contribution in [0.4, 0.5) is 33.5 Å². The van der Waals surface area contributed by atoms with Gasteiger partial charge in [0.1, 0.15) is 23.3 Å². The van der Waals surface area contributed by atoms with E-state index in [2.05, 4.69) is 15.2 Å². The number of benzene rings is 1. The minimum atomic E-state index is -1.33. The lowest BCUT2D eigenvalue weighted by atomic mass is 10.1. The second kappa shape index (κ2) is 8.26. The number of aliphatic imine (C=N–C) groups is 1. The van der Waals surface area contributed by atoms with E-state index in [1.165, 1.54) is 0 Å². The van der Waals surface area contributed by atoms with Crippen LogP contribution in [0.1, 0.15) is 13.8 Å². The van der Waals surface area contributed by atoms with Gasteiger partial charge in [0, 0.05) is 25.3 Å². The van der Waals surface area contributed by atoms with E-state index in [-0.39, 0.29) is 24.2 Å². The highest BCUT2D eigenvalue weighted by molar-refractivity contribution is 6.02. The summed E-state index contributed by atoms with van der Waals surface area (Å²) in [6.45, 7) is 4.50. The van der Waals surface area contributed by atoms with Crippen LogP contribution in [0.15, 0.2) is 35.3 Å². The molecular weight excluding hydrogens is 372 g/mol. The molecule has 1 atom stereocenters. The molecule has 1 aliphatic heterocycles. The highest BCUT2D eigenvalue weighted by Gasteiger charge is 2.24. The molecule has 0 aliphatic carbocycles. The van der Waals surface area contributed by atoms with Crippen LogP contribution in [0.3, 0.4) is 0 Å². The standard InChI is InChI=1S/C20H26N6O3/c1-5-26(20(27)28)17-10-15-18(19(21)24-17)23-16(12(2)22-15)11-25(3)13-6-8-14(29-4)9-7-13/h6-10,12,22H,5,11H2,1-4H3,(H2,21,24)(H,27,28)/p-1. The van der Waals surface area contributed by atoms with Gasteiger partial charge in [0.2, 0.25) is 0 Å². The van der Waals surface area contributed by atoms with Crippen molar-refractivity contribution in [1.82, 2.24) is 4.98 Å². The smallest absolute Gasteiger partial charge is 0.153 e. The van der Waals surface area contributed by atoms with E-state index in [0.717, 1.165) is 22.0 Å². The monoisotopic (exact) mass is 397 g/mol. The van der Waals surface area contributed by atoms with Crippen LogP contribution < -0.4 is 30.7 Å². The van der Waals surface area contributed by atoms with Crippen LogP contribution >= 0.6 is 0 Å². The molecule has 154 valence electrons. The summed E-state index contributed by atoms with van der Waals surface area (Å²) in [6, 6.07) is 9.36. The Morgan fingerprint density at radius 1 is 1.34 bits per heavy atom. The maximum Gasteiger partial charge on any atom is 0.153 e. The number of carboxylic acid groups (broad SMARTS) is 1. The number of fused-ring (bicyclic) bond motifs is 1. The molecular formula is C20H25N6O3-. The van der Waals surface area contributed by atoms with Crippen molar-refractivity contribution in [2.24, 2.45) is 4.99 Å². The van der Waals surface area contributed by atoms with Gasteiger partial charge in [-0.15, -0.1) is 0 Å². The molecule has 2 aromatic rings. The molecule has 1 aromatic heterocycles. The summed E-state index contributed by atoms with van der Waals surface area (Å²) in [4.78, 5) is 23.3. The molecule has 29 heavy (non-hydrogen) atoms. The Bertz CT molecular complexity index is 929. The number of nitrogens with two attached hydrogens (primary N) is 1. The van der Waals surface area contributed by atoms with Crippen molar-refractivity contribution in [3.63, 3.8) is 0 Å². The molecule has 1 unspecified atom stereocenters. The molecule has 1 aliphatic rings. The Hall–Kier alpha value is -3.49. The number of amides is 1. The highest BCUT2D eigenvalue weighted by Crippen LogP contribution is 2.37. The number of nitrogens with one attached hydrogen (secondary N) is 1.